The normalized spacial score (nSPS) is 17.6. The monoisotopic (exact) mass is 420 g/mol. The molecule has 0 unspecified atom stereocenters. The fourth-order valence-electron chi connectivity index (χ4n) is 2.83. The zero-order chi connectivity index (χ0) is 20.5. The second-order valence-electron chi connectivity index (χ2n) is 7.32. The molecule has 1 amide bonds. The fraction of sp³-hybridized carbons (Fsp3) is 0.421. The lowest BCUT2D eigenvalue weighted by Gasteiger charge is -2.17. The van der Waals surface area contributed by atoms with E-state index in [0.717, 1.165) is 10.7 Å². The van der Waals surface area contributed by atoms with E-state index < -0.39 is 16.1 Å². The van der Waals surface area contributed by atoms with E-state index in [9.17, 15) is 13.2 Å². The van der Waals surface area contributed by atoms with Gasteiger partial charge < -0.3 is 5.32 Å². The Balaban J connectivity index is 1.78. The van der Waals surface area contributed by atoms with Gasteiger partial charge in [-0.1, -0.05) is 39.8 Å². The molecule has 0 fully saturated rings. The van der Waals surface area contributed by atoms with Crippen molar-refractivity contribution in [2.24, 2.45) is 10.9 Å². The van der Waals surface area contributed by atoms with Gasteiger partial charge >= 0.3 is 0 Å². The predicted octanol–water partition coefficient (Wildman–Crippen LogP) is 2.65. The van der Waals surface area contributed by atoms with Gasteiger partial charge in [0.15, 0.2) is 0 Å². The number of nitrogens with one attached hydrogen (secondary N) is 2. The van der Waals surface area contributed by atoms with Gasteiger partial charge in [-0.3, -0.25) is 14.5 Å². The lowest BCUT2D eigenvalue weighted by Crippen LogP contribution is -2.38. The van der Waals surface area contributed by atoms with Crippen LogP contribution in [0.2, 0.25) is 0 Å². The summed E-state index contributed by atoms with van der Waals surface area (Å²) in [6, 6.07) is 5.90. The van der Waals surface area contributed by atoms with Gasteiger partial charge in [0.2, 0.25) is 5.91 Å². The van der Waals surface area contributed by atoms with Crippen LogP contribution in [0.4, 0.5) is 0 Å². The Bertz CT molecular complexity index is 1010. The second kappa shape index (κ2) is 8.00. The van der Waals surface area contributed by atoms with Crippen molar-refractivity contribution in [1.29, 1.82) is 0 Å². The summed E-state index contributed by atoms with van der Waals surface area (Å²) < 4.78 is 27.0. The number of nitrogens with zero attached hydrogens (tertiary/aromatic N) is 2. The fourth-order valence-corrected chi connectivity index (χ4v) is 4.90. The Morgan fingerprint density at radius 3 is 2.61 bits per heavy atom. The molecule has 0 spiro atoms. The topological polar surface area (TPSA) is 101 Å². The number of carbonyl (C=O) groups excluding carboxylic acids is 1. The van der Waals surface area contributed by atoms with E-state index in [1.165, 1.54) is 6.07 Å². The zero-order valence-electron chi connectivity index (χ0n) is 16.3. The number of hydrogen-bond acceptors (Lipinski definition) is 6. The van der Waals surface area contributed by atoms with Gasteiger partial charge in [-0.2, -0.15) is 0 Å². The molecule has 150 valence electrons. The van der Waals surface area contributed by atoms with Crippen LogP contribution in [0.25, 0.3) is 0 Å². The number of amides is 1. The predicted molar refractivity (Wildman–Crippen MR) is 110 cm³/mol. The molecule has 3 rings (SSSR count). The molecular formula is C19H24N4O3S2. The minimum atomic E-state index is -3.63. The van der Waals surface area contributed by atoms with Crippen molar-refractivity contribution in [1.82, 2.24) is 15.0 Å². The molecule has 2 aromatic rings. The number of rotatable bonds is 6. The van der Waals surface area contributed by atoms with Crippen molar-refractivity contribution in [2.45, 2.75) is 51.1 Å². The number of aliphatic imine (C=N–C) groups is 1. The van der Waals surface area contributed by atoms with Gasteiger partial charge in [-0.05, 0) is 18.1 Å². The summed E-state index contributed by atoms with van der Waals surface area (Å²) in [7, 11) is -3.63. The molecule has 28 heavy (non-hydrogen) atoms. The highest BCUT2D eigenvalue weighted by Gasteiger charge is 2.32. The third-order valence-corrected chi connectivity index (χ3v) is 6.93. The molecule has 1 atom stereocenters. The first-order valence-corrected chi connectivity index (χ1v) is 11.5. The Hall–Kier alpha value is -2.26. The van der Waals surface area contributed by atoms with E-state index in [0.29, 0.717) is 18.0 Å². The van der Waals surface area contributed by atoms with Crippen molar-refractivity contribution < 1.29 is 13.2 Å². The Labute approximate surface area is 169 Å². The molecule has 7 nitrogen and oxygen atoms in total. The van der Waals surface area contributed by atoms with Gasteiger partial charge in [-0.25, -0.2) is 13.4 Å². The van der Waals surface area contributed by atoms with E-state index in [1.54, 1.807) is 29.5 Å². The standard InChI is InChI=1S/C19H24N4O3S2/c1-11(2)16(18(24)20-9-13-10-27-19(21-13)12(3)4)22-17-14-7-5-6-8-15(14)28(25,26)23-17/h5-8,10-12,16H,9H2,1-4H3,(H,20,24)(H,22,23)/t16-/m0/s1. The largest absolute Gasteiger partial charge is 0.349 e. The molecule has 1 aliphatic rings. The van der Waals surface area contributed by atoms with Crippen molar-refractivity contribution in [3.8, 4) is 0 Å². The molecule has 2 heterocycles. The van der Waals surface area contributed by atoms with Crippen molar-refractivity contribution in [3.63, 3.8) is 0 Å². The Morgan fingerprint density at radius 1 is 1.25 bits per heavy atom. The van der Waals surface area contributed by atoms with E-state index in [1.807, 2.05) is 19.2 Å². The Kier molecular flexibility index (Phi) is 5.85. The SMILES string of the molecule is CC(C)c1nc(CNC(=O)[C@@H](N=C2NS(=O)(=O)c3ccccc32)C(C)C)cs1. The van der Waals surface area contributed by atoms with Crippen LogP contribution in [0.1, 0.15) is 49.9 Å². The molecule has 9 heteroatoms. The van der Waals surface area contributed by atoms with E-state index in [4.69, 9.17) is 0 Å². The number of carbonyl (C=O) groups is 1. The van der Waals surface area contributed by atoms with Crippen LogP contribution >= 0.6 is 11.3 Å². The average molecular weight is 421 g/mol. The molecule has 1 aromatic carbocycles. The van der Waals surface area contributed by atoms with Gasteiger partial charge in [-0.15, -0.1) is 11.3 Å². The third-order valence-electron chi connectivity index (χ3n) is 4.34. The number of hydrogen-bond donors (Lipinski definition) is 2. The summed E-state index contributed by atoms with van der Waals surface area (Å²) >= 11 is 1.58. The first-order chi connectivity index (χ1) is 13.2. The molecule has 1 aliphatic heterocycles. The summed E-state index contributed by atoms with van der Waals surface area (Å²) in [5.74, 6) is 0.191. The molecule has 2 N–H and O–H groups in total. The number of benzene rings is 1. The first-order valence-electron chi connectivity index (χ1n) is 9.11. The molecule has 0 radical (unpaired) electrons. The maximum absolute atomic E-state index is 12.7. The van der Waals surface area contributed by atoms with E-state index >= 15 is 0 Å². The Morgan fingerprint density at radius 2 is 1.96 bits per heavy atom. The molecule has 0 aliphatic carbocycles. The van der Waals surface area contributed by atoms with E-state index in [-0.39, 0.29) is 22.6 Å². The highest BCUT2D eigenvalue weighted by Crippen LogP contribution is 2.23. The summed E-state index contributed by atoms with van der Waals surface area (Å²) in [4.78, 5) is 21.9. The van der Waals surface area contributed by atoms with Crippen molar-refractivity contribution in [2.75, 3.05) is 0 Å². The summed E-state index contributed by atoms with van der Waals surface area (Å²) in [6.07, 6.45) is 0. The zero-order valence-corrected chi connectivity index (χ0v) is 17.9. The maximum Gasteiger partial charge on any atom is 0.263 e. The lowest BCUT2D eigenvalue weighted by atomic mass is 10.0. The molecule has 0 saturated heterocycles. The van der Waals surface area contributed by atoms with Crippen LogP contribution in [0.5, 0.6) is 0 Å². The highest BCUT2D eigenvalue weighted by atomic mass is 32.2. The number of amidine groups is 1. The summed E-state index contributed by atoms with van der Waals surface area (Å²) in [5.41, 5.74) is 1.30. The quantitative estimate of drug-likeness (QED) is 0.750. The number of thiazole rings is 1. The van der Waals surface area contributed by atoms with E-state index in [2.05, 4.69) is 33.9 Å². The summed E-state index contributed by atoms with van der Waals surface area (Å²) in [6.45, 7) is 8.23. The average Bonchev–Trinajstić information content (AvgIpc) is 3.21. The van der Waals surface area contributed by atoms with Gasteiger partial charge in [0, 0.05) is 16.9 Å². The lowest BCUT2D eigenvalue weighted by molar-refractivity contribution is -0.123. The van der Waals surface area contributed by atoms with Crippen LogP contribution in [0, 0.1) is 5.92 Å². The molecule has 0 bridgehead atoms. The van der Waals surface area contributed by atoms with Gasteiger partial charge in [0.05, 0.1) is 22.1 Å². The van der Waals surface area contributed by atoms with Crippen LogP contribution in [0.3, 0.4) is 0 Å². The van der Waals surface area contributed by atoms with Crippen LogP contribution in [-0.4, -0.2) is 31.2 Å². The van der Waals surface area contributed by atoms with Crippen LogP contribution in [0.15, 0.2) is 39.5 Å². The van der Waals surface area contributed by atoms with Crippen molar-refractivity contribution in [3.05, 3.63) is 45.9 Å². The minimum absolute atomic E-state index is 0.105. The smallest absolute Gasteiger partial charge is 0.263 e. The number of sulfonamides is 1. The number of aromatic nitrogens is 1. The van der Waals surface area contributed by atoms with Crippen LogP contribution in [-0.2, 0) is 21.4 Å². The van der Waals surface area contributed by atoms with Crippen molar-refractivity contribution >= 4 is 33.1 Å². The second-order valence-corrected chi connectivity index (χ2v) is 9.86. The summed E-state index contributed by atoms with van der Waals surface area (Å²) in [5, 5.41) is 5.84. The molecular weight excluding hydrogens is 396 g/mol. The molecule has 0 saturated carbocycles. The van der Waals surface area contributed by atoms with Crippen LogP contribution < -0.4 is 10.0 Å². The maximum atomic E-state index is 12.7. The first kappa shape index (κ1) is 20.5. The minimum Gasteiger partial charge on any atom is -0.349 e. The molecule has 1 aromatic heterocycles. The third kappa shape index (κ3) is 4.25. The number of fused-ring (bicyclic) bond motifs is 1. The van der Waals surface area contributed by atoms with Gasteiger partial charge in [0.25, 0.3) is 10.0 Å². The van der Waals surface area contributed by atoms with Gasteiger partial charge in [0.1, 0.15) is 11.9 Å². The highest BCUT2D eigenvalue weighted by molar-refractivity contribution is 7.90.